The summed E-state index contributed by atoms with van der Waals surface area (Å²) in [4.78, 5) is 32.6. The minimum absolute atomic E-state index is 0.128. The highest BCUT2D eigenvalue weighted by Crippen LogP contribution is 2.28. The van der Waals surface area contributed by atoms with Crippen LogP contribution in [0.1, 0.15) is 28.5 Å². The Morgan fingerprint density at radius 3 is 2.44 bits per heavy atom. The number of nitrogens with one attached hydrogen (secondary N) is 1. The number of hydrogen-bond donors (Lipinski definition) is 1. The zero-order valence-corrected chi connectivity index (χ0v) is 19.8. The Kier molecular flexibility index (Phi) is 7.77. The van der Waals surface area contributed by atoms with Crippen LogP contribution >= 0.6 is 11.6 Å². The van der Waals surface area contributed by atoms with Gasteiger partial charge in [-0.25, -0.2) is 0 Å². The Morgan fingerprint density at radius 1 is 1.03 bits per heavy atom. The van der Waals surface area contributed by atoms with E-state index in [1.807, 2.05) is 47.4 Å². The number of hydrogen-bond acceptors (Lipinski definition) is 5. The number of carbonyl (C=O) groups excluding carboxylic acids is 2. The molecule has 8 heteroatoms. The van der Waals surface area contributed by atoms with Gasteiger partial charge in [0.25, 0.3) is 5.91 Å². The van der Waals surface area contributed by atoms with Crippen LogP contribution in [-0.2, 0) is 17.9 Å². The fourth-order valence-electron chi connectivity index (χ4n) is 3.77. The fourth-order valence-corrected chi connectivity index (χ4v) is 4.01. The van der Waals surface area contributed by atoms with Crippen LogP contribution in [0.15, 0.2) is 66.9 Å². The maximum atomic E-state index is 12.7. The van der Waals surface area contributed by atoms with Gasteiger partial charge in [0.2, 0.25) is 5.91 Å². The standard InChI is InChI=1S/C26H27ClN4O3/c1-19(32)31-14-12-30(13-15-31)17-20-5-7-21(8-6-20)26(33)29-22-9-10-25(24(27)16-22)34-18-23-4-2-3-11-28-23/h2-11,16H,12-15,17-18H2,1H3,(H,29,33). The number of benzene rings is 2. The first kappa shape index (κ1) is 23.7. The topological polar surface area (TPSA) is 74.8 Å². The highest BCUT2D eigenvalue weighted by atomic mass is 35.5. The Balaban J connectivity index is 1.29. The van der Waals surface area contributed by atoms with Crippen molar-refractivity contribution < 1.29 is 14.3 Å². The molecule has 1 N–H and O–H groups in total. The molecule has 0 aliphatic carbocycles. The molecule has 2 amide bonds. The first-order valence-electron chi connectivity index (χ1n) is 11.2. The molecule has 0 spiro atoms. The predicted molar refractivity (Wildman–Crippen MR) is 132 cm³/mol. The molecule has 2 heterocycles. The molecule has 1 aromatic heterocycles. The molecule has 0 atom stereocenters. The Morgan fingerprint density at radius 2 is 1.79 bits per heavy atom. The summed E-state index contributed by atoms with van der Waals surface area (Å²) in [7, 11) is 0. The largest absolute Gasteiger partial charge is 0.486 e. The normalized spacial score (nSPS) is 14.0. The van der Waals surface area contributed by atoms with Crippen molar-refractivity contribution in [3.05, 3.63) is 88.7 Å². The number of aromatic nitrogens is 1. The van der Waals surface area contributed by atoms with Crippen molar-refractivity contribution in [3.63, 3.8) is 0 Å². The molecule has 4 rings (SSSR count). The van der Waals surface area contributed by atoms with Crippen LogP contribution in [0.4, 0.5) is 5.69 Å². The Hall–Kier alpha value is -3.42. The maximum Gasteiger partial charge on any atom is 0.255 e. The highest BCUT2D eigenvalue weighted by Gasteiger charge is 2.18. The lowest BCUT2D eigenvalue weighted by Crippen LogP contribution is -2.47. The molecule has 0 radical (unpaired) electrons. The van der Waals surface area contributed by atoms with Gasteiger partial charge in [0, 0.05) is 57.1 Å². The van der Waals surface area contributed by atoms with Crippen LogP contribution in [0.25, 0.3) is 0 Å². The molecule has 1 aliphatic heterocycles. The van der Waals surface area contributed by atoms with E-state index in [0.717, 1.165) is 44.0 Å². The van der Waals surface area contributed by atoms with Crippen molar-refractivity contribution >= 4 is 29.1 Å². The van der Waals surface area contributed by atoms with Crippen molar-refractivity contribution in [2.24, 2.45) is 0 Å². The van der Waals surface area contributed by atoms with E-state index >= 15 is 0 Å². The van der Waals surface area contributed by atoms with E-state index in [-0.39, 0.29) is 11.8 Å². The van der Waals surface area contributed by atoms with E-state index in [0.29, 0.717) is 28.6 Å². The summed E-state index contributed by atoms with van der Waals surface area (Å²) in [6.45, 7) is 5.93. The first-order chi connectivity index (χ1) is 16.5. The van der Waals surface area contributed by atoms with Crippen LogP contribution < -0.4 is 10.1 Å². The number of rotatable bonds is 7. The number of ether oxygens (including phenoxy) is 1. The van der Waals surface area contributed by atoms with E-state index < -0.39 is 0 Å². The van der Waals surface area contributed by atoms with Gasteiger partial charge < -0.3 is 15.0 Å². The molecule has 1 aliphatic rings. The van der Waals surface area contributed by atoms with Crippen LogP contribution in [-0.4, -0.2) is 52.8 Å². The van der Waals surface area contributed by atoms with E-state index in [1.54, 1.807) is 31.3 Å². The molecule has 1 saturated heterocycles. The molecular weight excluding hydrogens is 452 g/mol. The van der Waals surface area contributed by atoms with Gasteiger partial charge in [-0.1, -0.05) is 29.8 Å². The minimum atomic E-state index is -0.208. The third-order valence-corrected chi connectivity index (χ3v) is 6.03. The molecule has 7 nitrogen and oxygen atoms in total. The van der Waals surface area contributed by atoms with Gasteiger partial charge in [0.1, 0.15) is 12.4 Å². The summed E-state index contributed by atoms with van der Waals surface area (Å²) in [5.74, 6) is 0.446. The number of carbonyl (C=O) groups is 2. The van der Waals surface area contributed by atoms with Crippen LogP contribution in [0.5, 0.6) is 5.75 Å². The van der Waals surface area contributed by atoms with Gasteiger partial charge in [0.15, 0.2) is 0 Å². The number of pyridine rings is 1. The van der Waals surface area contributed by atoms with E-state index in [1.165, 1.54) is 0 Å². The molecule has 176 valence electrons. The second-order valence-corrected chi connectivity index (χ2v) is 8.60. The Labute approximate surface area is 204 Å². The second-order valence-electron chi connectivity index (χ2n) is 8.19. The fraction of sp³-hybridized carbons (Fsp3) is 0.269. The zero-order chi connectivity index (χ0) is 23.9. The summed E-state index contributed by atoms with van der Waals surface area (Å²) in [5.41, 5.74) is 3.09. The predicted octanol–water partition coefficient (Wildman–Crippen LogP) is 4.23. The summed E-state index contributed by atoms with van der Waals surface area (Å²) >= 11 is 6.34. The first-order valence-corrected chi connectivity index (χ1v) is 11.6. The van der Waals surface area contributed by atoms with Crippen molar-refractivity contribution in [3.8, 4) is 5.75 Å². The maximum absolute atomic E-state index is 12.7. The minimum Gasteiger partial charge on any atom is -0.486 e. The summed E-state index contributed by atoms with van der Waals surface area (Å²) in [6.07, 6.45) is 1.71. The van der Waals surface area contributed by atoms with Crippen LogP contribution in [0.3, 0.4) is 0 Å². The van der Waals surface area contributed by atoms with E-state index in [2.05, 4.69) is 15.2 Å². The molecule has 0 unspecified atom stereocenters. The number of nitrogens with zero attached hydrogens (tertiary/aromatic N) is 3. The number of piperazine rings is 1. The summed E-state index contributed by atoms with van der Waals surface area (Å²) in [6, 6.07) is 18.4. The third kappa shape index (κ3) is 6.34. The van der Waals surface area contributed by atoms with Crippen LogP contribution in [0.2, 0.25) is 5.02 Å². The molecule has 1 fully saturated rings. The molecule has 34 heavy (non-hydrogen) atoms. The SMILES string of the molecule is CC(=O)N1CCN(Cc2ccc(C(=O)Nc3ccc(OCc4ccccn4)c(Cl)c3)cc2)CC1. The van der Waals surface area contributed by atoms with Gasteiger partial charge in [-0.3, -0.25) is 19.5 Å². The lowest BCUT2D eigenvalue weighted by Gasteiger charge is -2.34. The quantitative estimate of drug-likeness (QED) is 0.550. The summed E-state index contributed by atoms with van der Waals surface area (Å²) in [5, 5.41) is 3.29. The number of halogens is 1. The van der Waals surface area contributed by atoms with Crippen molar-refractivity contribution in [1.82, 2.24) is 14.8 Å². The lowest BCUT2D eigenvalue weighted by molar-refractivity contribution is -0.130. The smallest absolute Gasteiger partial charge is 0.255 e. The zero-order valence-electron chi connectivity index (χ0n) is 19.0. The van der Waals surface area contributed by atoms with E-state index in [9.17, 15) is 9.59 Å². The summed E-state index contributed by atoms with van der Waals surface area (Å²) < 4.78 is 5.73. The van der Waals surface area contributed by atoms with Crippen LogP contribution in [0, 0.1) is 0 Å². The van der Waals surface area contributed by atoms with Gasteiger partial charge in [0.05, 0.1) is 10.7 Å². The monoisotopic (exact) mass is 478 g/mol. The van der Waals surface area contributed by atoms with Gasteiger partial charge in [-0.15, -0.1) is 0 Å². The average Bonchev–Trinajstić information content (AvgIpc) is 2.85. The average molecular weight is 479 g/mol. The van der Waals surface area contributed by atoms with Crippen molar-refractivity contribution in [1.29, 1.82) is 0 Å². The number of amides is 2. The molecule has 3 aromatic rings. The Bertz CT molecular complexity index is 1130. The molecular formula is C26H27ClN4O3. The lowest BCUT2D eigenvalue weighted by atomic mass is 10.1. The third-order valence-electron chi connectivity index (χ3n) is 5.73. The van der Waals surface area contributed by atoms with Gasteiger partial charge >= 0.3 is 0 Å². The van der Waals surface area contributed by atoms with Gasteiger partial charge in [-0.2, -0.15) is 0 Å². The molecule has 0 bridgehead atoms. The molecule has 0 saturated carbocycles. The van der Waals surface area contributed by atoms with Crippen molar-refractivity contribution in [2.75, 3.05) is 31.5 Å². The molecule has 2 aromatic carbocycles. The van der Waals surface area contributed by atoms with E-state index in [4.69, 9.17) is 16.3 Å². The highest BCUT2D eigenvalue weighted by molar-refractivity contribution is 6.32. The van der Waals surface area contributed by atoms with Crippen molar-refractivity contribution in [2.45, 2.75) is 20.1 Å². The second kappa shape index (κ2) is 11.1. The number of anilines is 1. The van der Waals surface area contributed by atoms with Gasteiger partial charge in [-0.05, 0) is 48.0 Å².